The van der Waals surface area contributed by atoms with Crippen LogP contribution in [0, 0.1) is 0 Å². The summed E-state index contributed by atoms with van der Waals surface area (Å²) in [5.74, 6) is 1.86. The molecule has 0 amide bonds. The summed E-state index contributed by atoms with van der Waals surface area (Å²) < 4.78 is 20.1. The minimum Gasteiger partial charge on any atom is -0.270 e. The summed E-state index contributed by atoms with van der Waals surface area (Å²) in [6.07, 6.45) is 0. The summed E-state index contributed by atoms with van der Waals surface area (Å²) in [6.45, 7) is 0. The highest BCUT2D eigenvalue weighted by atomic mass is 31.2. The van der Waals surface area contributed by atoms with Crippen molar-refractivity contribution in [3.8, 4) is 56.4 Å². The van der Waals surface area contributed by atoms with Gasteiger partial charge in [-0.15, -0.1) is 0 Å². The summed E-state index contributed by atoms with van der Waals surface area (Å²) in [7, 11) is -3.47. The zero-order chi connectivity index (χ0) is 38.9. The maximum atomic E-state index is 16.0. The third-order valence-electron chi connectivity index (χ3n) is 10.4. The van der Waals surface area contributed by atoms with Crippen molar-refractivity contribution >= 4 is 35.5 Å². The van der Waals surface area contributed by atoms with Gasteiger partial charge < -0.3 is 0 Å². The first kappa shape index (κ1) is 35.0. The van der Waals surface area contributed by atoms with E-state index in [0.29, 0.717) is 17.5 Å². The molecule has 0 aliphatic carbocycles. The van der Waals surface area contributed by atoms with E-state index in [4.69, 9.17) is 15.0 Å². The van der Waals surface area contributed by atoms with Crippen LogP contribution in [0.3, 0.4) is 0 Å². The van der Waals surface area contributed by atoms with E-state index in [-0.39, 0.29) is 0 Å². The lowest BCUT2D eigenvalue weighted by Gasteiger charge is -2.33. The summed E-state index contributed by atoms with van der Waals surface area (Å²) in [6, 6.07) is 73.3. The molecule has 1 aliphatic rings. The van der Waals surface area contributed by atoms with Crippen molar-refractivity contribution < 1.29 is 4.57 Å². The Kier molecular flexibility index (Phi) is 9.02. The highest BCUT2D eigenvalue weighted by Gasteiger charge is 2.49. The number of rotatable bonds is 8. The predicted molar refractivity (Wildman–Crippen MR) is 238 cm³/mol. The first-order valence-electron chi connectivity index (χ1n) is 19.2. The number of hydrogen-bond acceptors (Lipinski definition) is 4. The van der Waals surface area contributed by atoms with Gasteiger partial charge in [0.15, 0.2) is 17.5 Å². The minimum absolute atomic E-state index is 0.608. The summed E-state index contributed by atoms with van der Waals surface area (Å²) in [5.41, 5.74) is 10.4. The van der Waals surface area contributed by atoms with Gasteiger partial charge in [0.1, 0.15) is 0 Å². The van der Waals surface area contributed by atoms with Gasteiger partial charge >= 0.3 is 7.44 Å². The molecule has 1 aromatic heterocycles. The number of benzene rings is 8. The van der Waals surface area contributed by atoms with Crippen LogP contribution in [-0.4, -0.2) is 15.0 Å². The van der Waals surface area contributed by atoms with E-state index < -0.39 is 7.44 Å². The number of fused-ring (bicyclic) bond motifs is 1. The third-order valence-corrected chi connectivity index (χ3v) is 13.4. The van der Waals surface area contributed by atoms with Crippen molar-refractivity contribution in [2.24, 2.45) is 0 Å². The fourth-order valence-electron chi connectivity index (χ4n) is 7.67. The van der Waals surface area contributed by atoms with Crippen LogP contribution in [0.4, 0.5) is 22.7 Å². The van der Waals surface area contributed by atoms with Gasteiger partial charge in [-0.3, -0.25) is 13.9 Å². The van der Waals surface area contributed by atoms with Crippen LogP contribution in [0.5, 0.6) is 0 Å². The van der Waals surface area contributed by atoms with Crippen LogP contribution in [-0.2, 0) is 4.57 Å². The Balaban J connectivity index is 1.07. The van der Waals surface area contributed by atoms with Crippen molar-refractivity contribution in [1.29, 1.82) is 0 Å². The SMILES string of the molecule is O=P1(c2ccccc2)N(c2ccccc2)c2ccc(-c3cccc(-c4cccc(-c5nc(-c6ccccc6)nc(-c6ccccc6)n5)c4)c3)cc2N1c1ccccc1. The van der Waals surface area contributed by atoms with Crippen molar-refractivity contribution in [1.82, 2.24) is 15.0 Å². The van der Waals surface area contributed by atoms with E-state index in [2.05, 4.69) is 66.7 Å². The fourth-order valence-corrected chi connectivity index (χ4v) is 10.7. The molecule has 0 bridgehead atoms. The van der Waals surface area contributed by atoms with Crippen LogP contribution < -0.4 is 14.6 Å². The molecule has 0 spiro atoms. The third kappa shape index (κ3) is 6.36. The molecule has 9 aromatic rings. The largest absolute Gasteiger partial charge is 0.301 e. The Morgan fingerprint density at radius 2 is 0.672 bits per heavy atom. The van der Waals surface area contributed by atoms with E-state index in [1.165, 1.54) is 0 Å². The molecular formula is C51H36N5OP. The molecule has 6 nitrogen and oxygen atoms in total. The van der Waals surface area contributed by atoms with Crippen molar-refractivity contribution in [2.45, 2.75) is 0 Å². The molecule has 1 atom stereocenters. The molecule has 8 aromatic carbocycles. The maximum absolute atomic E-state index is 16.0. The van der Waals surface area contributed by atoms with Crippen LogP contribution in [0.25, 0.3) is 56.4 Å². The smallest absolute Gasteiger partial charge is 0.270 e. The highest BCUT2D eigenvalue weighted by Crippen LogP contribution is 2.70. The van der Waals surface area contributed by atoms with E-state index >= 15 is 4.57 Å². The molecular weight excluding hydrogens is 730 g/mol. The standard InChI is InChI=1S/C51H36N5OP/c57-58(46-30-14-5-15-31-46)55(44-26-10-3-11-27-44)47-33-32-42(36-48(47)56(58)45-28-12-4-13-29-45)40-23-16-22-39(34-40)41-24-17-25-43(35-41)51-53-49(37-18-6-1-7-19-37)52-50(54-51)38-20-8-2-9-21-38/h1-36H. The maximum Gasteiger partial charge on any atom is 0.301 e. The fraction of sp³-hybridized carbons (Fsp3) is 0. The average molecular weight is 766 g/mol. The molecule has 10 rings (SSSR count). The quantitative estimate of drug-likeness (QED) is 0.144. The van der Waals surface area contributed by atoms with Gasteiger partial charge in [0.25, 0.3) is 0 Å². The van der Waals surface area contributed by atoms with Gasteiger partial charge in [0.05, 0.1) is 16.7 Å². The number of nitrogens with zero attached hydrogens (tertiary/aromatic N) is 5. The van der Waals surface area contributed by atoms with Gasteiger partial charge in [-0.2, -0.15) is 0 Å². The second-order valence-corrected chi connectivity index (χ2v) is 16.5. The lowest BCUT2D eigenvalue weighted by molar-refractivity contribution is 0.582. The first-order valence-corrected chi connectivity index (χ1v) is 20.8. The average Bonchev–Trinajstić information content (AvgIpc) is 3.58. The van der Waals surface area contributed by atoms with Crippen LogP contribution >= 0.6 is 7.44 Å². The van der Waals surface area contributed by atoms with Gasteiger partial charge in [0, 0.05) is 28.1 Å². The Labute approximate surface area is 337 Å². The van der Waals surface area contributed by atoms with Crippen molar-refractivity contribution in [2.75, 3.05) is 9.34 Å². The molecule has 276 valence electrons. The van der Waals surface area contributed by atoms with Crippen molar-refractivity contribution in [3.05, 3.63) is 218 Å². The van der Waals surface area contributed by atoms with Crippen molar-refractivity contribution in [3.63, 3.8) is 0 Å². The predicted octanol–water partition coefficient (Wildman–Crippen LogP) is 13.0. The summed E-state index contributed by atoms with van der Waals surface area (Å²) in [5, 5.41) is 0.757. The second-order valence-electron chi connectivity index (χ2n) is 14.1. The first-order chi connectivity index (χ1) is 28.6. The molecule has 7 heteroatoms. The molecule has 0 fully saturated rings. The van der Waals surface area contributed by atoms with Crippen LogP contribution in [0.15, 0.2) is 218 Å². The molecule has 1 unspecified atom stereocenters. The topological polar surface area (TPSA) is 62.2 Å². The molecule has 0 saturated heterocycles. The molecule has 0 radical (unpaired) electrons. The van der Waals surface area contributed by atoms with Gasteiger partial charge in [-0.1, -0.05) is 158 Å². The molecule has 58 heavy (non-hydrogen) atoms. The zero-order valence-electron chi connectivity index (χ0n) is 31.4. The highest BCUT2D eigenvalue weighted by molar-refractivity contribution is 7.76. The van der Waals surface area contributed by atoms with Gasteiger partial charge in [0.2, 0.25) is 0 Å². The Bertz CT molecular complexity index is 2870. The normalized spacial score (nSPS) is 14.6. The van der Waals surface area contributed by atoms with Crippen LogP contribution in [0.1, 0.15) is 0 Å². The van der Waals surface area contributed by atoms with E-state index in [1.54, 1.807) is 0 Å². The molecule has 0 saturated carbocycles. The van der Waals surface area contributed by atoms with E-state index in [1.807, 2.05) is 161 Å². The van der Waals surface area contributed by atoms with Gasteiger partial charge in [-0.05, 0) is 82.9 Å². The van der Waals surface area contributed by atoms with E-state index in [0.717, 1.165) is 67.0 Å². The Morgan fingerprint density at radius 1 is 0.310 bits per heavy atom. The summed E-state index contributed by atoms with van der Waals surface area (Å²) in [4.78, 5) is 14.8. The number of anilines is 4. The number of aromatic nitrogens is 3. The minimum atomic E-state index is -3.47. The lowest BCUT2D eigenvalue weighted by Crippen LogP contribution is -2.26. The molecule has 2 heterocycles. The molecule has 0 N–H and O–H groups in total. The van der Waals surface area contributed by atoms with E-state index in [9.17, 15) is 0 Å². The monoisotopic (exact) mass is 765 g/mol. The Hall–Kier alpha value is -7.40. The number of para-hydroxylation sites is 2. The summed E-state index contributed by atoms with van der Waals surface area (Å²) >= 11 is 0. The Morgan fingerprint density at radius 3 is 1.17 bits per heavy atom. The van der Waals surface area contributed by atoms with Crippen LogP contribution in [0.2, 0.25) is 0 Å². The second kappa shape index (κ2) is 14.9. The lowest BCUT2D eigenvalue weighted by atomic mass is 9.97. The van der Waals surface area contributed by atoms with Gasteiger partial charge in [-0.25, -0.2) is 15.0 Å². The zero-order valence-corrected chi connectivity index (χ0v) is 32.3. The number of hydrogen-bond donors (Lipinski definition) is 0. The molecule has 1 aliphatic heterocycles.